The molecule has 1 aromatic heterocycles. The zero-order valence-electron chi connectivity index (χ0n) is 10.4. The van der Waals surface area contributed by atoms with Crippen LogP contribution < -0.4 is 0 Å². The summed E-state index contributed by atoms with van der Waals surface area (Å²) in [7, 11) is 0. The number of nitrogens with zero attached hydrogens (tertiary/aromatic N) is 1. The fourth-order valence-electron chi connectivity index (χ4n) is 1.93. The van der Waals surface area contributed by atoms with E-state index in [4.69, 9.17) is 17.0 Å². The molecule has 0 aliphatic heterocycles. The minimum atomic E-state index is -0.253. The van der Waals surface area contributed by atoms with Gasteiger partial charge in [-0.2, -0.15) is 0 Å². The number of imidazole rings is 1. The third-order valence-electron chi connectivity index (χ3n) is 2.76. The van der Waals surface area contributed by atoms with Crippen molar-refractivity contribution < 1.29 is 9.13 Å². The van der Waals surface area contributed by atoms with Gasteiger partial charge in [-0.25, -0.2) is 4.39 Å². The maximum Gasteiger partial charge on any atom is 0.178 e. The summed E-state index contributed by atoms with van der Waals surface area (Å²) in [6, 6.07) is 4.67. The van der Waals surface area contributed by atoms with Gasteiger partial charge in [0.1, 0.15) is 5.82 Å². The highest BCUT2D eigenvalue weighted by Crippen LogP contribution is 2.15. The molecule has 1 heterocycles. The largest absolute Gasteiger partial charge is 0.381 e. The van der Waals surface area contributed by atoms with Crippen LogP contribution in [0.15, 0.2) is 18.2 Å². The number of fused-ring (bicyclic) bond motifs is 1. The van der Waals surface area contributed by atoms with Crippen LogP contribution in [0.2, 0.25) is 0 Å². The predicted molar refractivity (Wildman–Crippen MR) is 72.8 cm³/mol. The van der Waals surface area contributed by atoms with Gasteiger partial charge >= 0.3 is 0 Å². The van der Waals surface area contributed by atoms with Gasteiger partial charge in [0.05, 0.1) is 11.0 Å². The van der Waals surface area contributed by atoms with E-state index in [0.717, 1.165) is 43.6 Å². The Morgan fingerprint density at radius 2 is 2.22 bits per heavy atom. The molecule has 0 aliphatic carbocycles. The molecule has 0 fully saturated rings. The number of aryl methyl sites for hydroxylation is 1. The van der Waals surface area contributed by atoms with Gasteiger partial charge in [-0.1, -0.05) is 6.92 Å². The van der Waals surface area contributed by atoms with Crippen LogP contribution in [0.1, 0.15) is 19.8 Å². The molecule has 1 N–H and O–H groups in total. The van der Waals surface area contributed by atoms with E-state index >= 15 is 0 Å². The van der Waals surface area contributed by atoms with E-state index in [1.807, 2.05) is 4.57 Å². The molecule has 0 aliphatic rings. The molecule has 0 saturated heterocycles. The summed E-state index contributed by atoms with van der Waals surface area (Å²) in [4.78, 5) is 3.02. The van der Waals surface area contributed by atoms with Crippen molar-refractivity contribution in [1.82, 2.24) is 9.55 Å². The van der Waals surface area contributed by atoms with Crippen molar-refractivity contribution in [3.05, 3.63) is 28.8 Å². The molecular weight excluding hydrogens is 251 g/mol. The van der Waals surface area contributed by atoms with Crippen molar-refractivity contribution >= 4 is 23.3 Å². The lowest BCUT2D eigenvalue weighted by Crippen LogP contribution is -2.03. The molecule has 2 aromatic rings. The number of ether oxygens (including phenoxy) is 1. The van der Waals surface area contributed by atoms with Crippen molar-refractivity contribution in [1.29, 1.82) is 0 Å². The Kier molecular flexibility index (Phi) is 4.49. The van der Waals surface area contributed by atoms with Gasteiger partial charge in [-0.05, 0) is 43.3 Å². The number of hydrogen-bond donors (Lipinski definition) is 1. The number of hydrogen-bond acceptors (Lipinski definition) is 2. The van der Waals surface area contributed by atoms with Crippen LogP contribution in [0.5, 0.6) is 0 Å². The Balaban J connectivity index is 2.08. The fraction of sp³-hybridized carbons (Fsp3) is 0.462. The molecule has 3 nitrogen and oxygen atoms in total. The van der Waals surface area contributed by atoms with Crippen molar-refractivity contribution in [2.45, 2.75) is 26.3 Å². The molecule has 0 radical (unpaired) electrons. The van der Waals surface area contributed by atoms with Gasteiger partial charge < -0.3 is 14.3 Å². The second kappa shape index (κ2) is 6.11. The molecule has 0 atom stereocenters. The Bertz CT molecular complexity index is 576. The van der Waals surface area contributed by atoms with Crippen LogP contribution in [0.3, 0.4) is 0 Å². The van der Waals surface area contributed by atoms with E-state index < -0.39 is 0 Å². The summed E-state index contributed by atoms with van der Waals surface area (Å²) < 4.78 is 21.1. The lowest BCUT2D eigenvalue weighted by Gasteiger charge is -2.05. The molecule has 5 heteroatoms. The van der Waals surface area contributed by atoms with Crippen molar-refractivity contribution in [2.24, 2.45) is 0 Å². The summed E-state index contributed by atoms with van der Waals surface area (Å²) in [5, 5.41) is 0. The number of rotatable bonds is 6. The number of aromatic amines is 1. The van der Waals surface area contributed by atoms with Crippen LogP contribution >= 0.6 is 12.2 Å². The molecule has 0 saturated carbocycles. The second-order valence-corrected chi connectivity index (χ2v) is 4.60. The first-order valence-electron chi connectivity index (χ1n) is 6.18. The topological polar surface area (TPSA) is 29.9 Å². The minimum Gasteiger partial charge on any atom is -0.381 e. The van der Waals surface area contributed by atoms with Crippen LogP contribution in [-0.2, 0) is 11.3 Å². The average Bonchev–Trinajstić information content (AvgIpc) is 2.64. The first-order chi connectivity index (χ1) is 8.72. The molecule has 18 heavy (non-hydrogen) atoms. The first-order valence-corrected chi connectivity index (χ1v) is 6.59. The van der Waals surface area contributed by atoms with Crippen LogP contribution in [0.4, 0.5) is 4.39 Å². The van der Waals surface area contributed by atoms with Gasteiger partial charge in [0, 0.05) is 19.8 Å². The first kappa shape index (κ1) is 13.2. The highest BCUT2D eigenvalue weighted by molar-refractivity contribution is 7.71. The van der Waals surface area contributed by atoms with Crippen LogP contribution in [-0.4, -0.2) is 22.8 Å². The highest BCUT2D eigenvalue weighted by atomic mass is 32.1. The van der Waals surface area contributed by atoms with Crippen molar-refractivity contribution in [2.75, 3.05) is 13.2 Å². The smallest absolute Gasteiger partial charge is 0.178 e. The number of nitrogens with one attached hydrogen (secondary N) is 1. The molecule has 0 bridgehead atoms. The number of aromatic nitrogens is 2. The van der Waals surface area contributed by atoms with Gasteiger partial charge in [-0.15, -0.1) is 0 Å². The van der Waals surface area contributed by atoms with Crippen molar-refractivity contribution in [3.63, 3.8) is 0 Å². The van der Waals surface area contributed by atoms with E-state index in [1.165, 1.54) is 12.1 Å². The second-order valence-electron chi connectivity index (χ2n) is 4.21. The average molecular weight is 268 g/mol. The van der Waals surface area contributed by atoms with E-state index in [2.05, 4.69) is 11.9 Å². The molecule has 2 rings (SSSR count). The summed E-state index contributed by atoms with van der Waals surface area (Å²) >= 11 is 5.24. The summed E-state index contributed by atoms with van der Waals surface area (Å²) in [6.45, 7) is 4.40. The number of H-pyrrole nitrogens is 1. The lowest BCUT2D eigenvalue weighted by molar-refractivity contribution is 0.129. The number of benzene rings is 1. The van der Waals surface area contributed by atoms with E-state index in [9.17, 15) is 4.39 Å². The Labute approximate surface area is 111 Å². The summed E-state index contributed by atoms with van der Waals surface area (Å²) in [6.07, 6.45) is 1.93. The number of halogens is 1. The Morgan fingerprint density at radius 3 is 3.00 bits per heavy atom. The zero-order chi connectivity index (χ0) is 13.0. The monoisotopic (exact) mass is 268 g/mol. The van der Waals surface area contributed by atoms with Gasteiger partial charge in [0.15, 0.2) is 4.77 Å². The SMILES string of the molecule is CCCOCCCn1c(=S)[nH]c2cc(F)ccc21. The van der Waals surface area contributed by atoms with Crippen molar-refractivity contribution in [3.8, 4) is 0 Å². The maximum absolute atomic E-state index is 13.1. The molecule has 98 valence electrons. The zero-order valence-corrected chi connectivity index (χ0v) is 11.2. The maximum atomic E-state index is 13.1. The van der Waals surface area contributed by atoms with E-state index in [-0.39, 0.29) is 5.82 Å². The standard InChI is InChI=1S/C13H17FN2OS/c1-2-7-17-8-3-6-16-12-5-4-10(14)9-11(12)15-13(16)18/h4-5,9H,2-3,6-8H2,1H3,(H,15,18). The lowest BCUT2D eigenvalue weighted by atomic mass is 10.3. The van der Waals surface area contributed by atoms with Crippen LogP contribution in [0, 0.1) is 10.6 Å². The normalized spacial score (nSPS) is 11.2. The third-order valence-corrected chi connectivity index (χ3v) is 3.08. The predicted octanol–water partition coefficient (Wildman–Crippen LogP) is 3.65. The van der Waals surface area contributed by atoms with Crippen LogP contribution in [0.25, 0.3) is 11.0 Å². The molecule has 0 spiro atoms. The molecular formula is C13H17FN2OS. The van der Waals surface area contributed by atoms with E-state index in [0.29, 0.717) is 4.77 Å². The van der Waals surface area contributed by atoms with Gasteiger partial charge in [0.2, 0.25) is 0 Å². The Morgan fingerprint density at radius 1 is 1.39 bits per heavy atom. The summed E-state index contributed by atoms with van der Waals surface area (Å²) in [5.41, 5.74) is 1.69. The molecule has 0 amide bonds. The van der Waals surface area contributed by atoms with Gasteiger partial charge in [-0.3, -0.25) is 0 Å². The fourth-order valence-corrected chi connectivity index (χ4v) is 2.23. The van der Waals surface area contributed by atoms with Gasteiger partial charge in [0.25, 0.3) is 0 Å². The summed E-state index contributed by atoms with van der Waals surface area (Å²) in [5.74, 6) is -0.253. The molecule has 0 unspecified atom stereocenters. The quantitative estimate of drug-likeness (QED) is 0.640. The highest BCUT2D eigenvalue weighted by Gasteiger charge is 2.04. The van der Waals surface area contributed by atoms with E-state index in [1.54, 1.807) is 6.07 Å². The minimum absolute atomic E-state index is 0.253. The third kappa shape index (κ3) is 2.97. The Hall–Kier alpha value is -1.20. The molecule has 1 aromatic carbocycles.